The molecule has 0 atom stereocenters. The molecule has 0 spiro atoms. The van der Waals surface area contributed by atoms with Gasteiger partial charge in [0.25, 0.3) is 0 Å². The van der Waals surface area contributed by atoms with Crippen molar-refractivity contribution in [2.45, 2.75) is 6.92 Å². The number of ether oxygens (including phenoxy) is 1. The number of rotatable bonds is 2. The van der Waals surface area contributed by atoms with Gasteiger partial charge in [-0.15, -0.1) is 0 Å². The van der Waals surface area contributed by atoms with E-state index in [0.717, 1.165) is 5.56 Å². The van der Waals surface area contributed by atoms with Crippen LogP contribution in [0.5, 0.6) is 5.75 Å². The summed E-state index contributed by atoms with van der Waals surface area (Å²) in [6, 6.07) is 15.9. The first-order valence-corrected chi connectivity index (χ1v) is 9.01. The molecule has 0 aliphatic heterocycles. The summed E-state index contributed by atoms with van der Waals surface area (Å²) in [5, 5.41) is 1.79. The van der Waals surface area contributed by atoms with Gasteiger partial charge in [0.1, 0.15) is 5.58 Å². The zero-order valence-electron chi connectivity index (χ0n) is 15.7. The minimum absolute atomic E-state index is 0.307. The van der Waals surface area contributed by atoms with Gasteiger partial charge in [-0.2, -0.15) is 0 Å². The number of pyridine rings is 1. The first-order valence-electron chi connectivity index (χ1n) is 9.01. The molecule has 0 N–H and O–H groups in total. The second-order valence-corrected chi connectivity index (χ2v) is 6.76. The first kappa shape index (κ1) is 17.2. The molecule has 3 heterocycles. The zero-order chi connectivity index (χ0) is 20.1. The molecule has 0 amide bonds. The van der Waals surface area contributed by atoms with Crippen LogP contribution in [0.25, 0.3) is 44.1 Å². The predicted octanol–water partition coefficient (Wildman–Crippen LogP) is 4.43. The molecule has 0 aliphatic rings. The normalized spacial score (nSPS) is 11.4. The highest BCUT2D eigenvalue weighted by molar-refractivity contribution is 6.03. The molecule has 0 fully saturated rings. The number of methoxy groups -OCH3 is 1. The molecule has 0 radical (unpaired) electrons. The third-order valence-corrected chi connectivity index (χ3v) is 5.00. The summed E-state index contributed by atoms with van der Waals surface area (Å²) in [4.78, 5) is 29.7. The molecule has 142 valence electrons. The summed E-state index contributed by atoms with van der Waals surface area (Å²) < 4.78 is 16.2. The van der Waals surface area contributed by atoms with E-state index in [-0.39, 0.29) is 0 Å². The van der Waals surface area contributed by atoms with Crippen molar-refractivity contribution in [3.63, 3.8) is 0 Å². The summed E-state index contributed by atoms with van der Waals surface area (Å²) in [5.74, 6) is 0.483. The third-order valence-electron chi connectivity index (χ3n) is 5.00. The van der Waals surface area contributed by atoms with Crippen molar-refractivity contribution >= 4 is 32.8 Å². The summed E-state index contributed by atoms with van der Waals surface area (Å²) >= 11 is 0. The highest BCUT2D eigenvalue weighted by Gasteiger charge is 2.15. The van der Waals surface area contributed by atoms with Gasteiger partial charge in [0.15, 0.2) is 11.3 Å². The number of fused-ring (bicyclic) bond motifs is 4. The lowest BCUT2D eigenvalue weighted by Gasteiger charge is -2.08. The van der Waals surface area contributed by atoms with Crippen LogP contribution in [-0.4, -0.2) is 12.1 Å². The molecule has 0 aliphatic carbocycles. The van der Waals surface area contributed by atoms with Crippen LogP contribution in [0.2, 0.25) is 0 Å². The smallest absolute Gasteiger partial charge is 0.345 e. The van der Waals surface area contributed by atoms with Gasteiger partial charge in [-0.25, -0.2) is 14.6 Å². The Labute approximate surface area is 164 Å². The average molecular weight is 385 g/mol. The fourth-order valence-electron chi connectivity index (χ4n) is 3.56. The number of benzene rings is 2. The predicted molar refractivity (Wildman–Crippen MR) is 111 cm³/mol. The van der Waals surface area contributed by atoms with Crippen molar-refractivity contribution in [1.82, 2.24) is 4.98 Å². The lowest BCUT2D eigenvalue weighted by Crippen LogP contribution is -2.06. The van der Waals surface area contributed by atoms with Crippen LogP contribution in [0.1, 0.15) is 5.56 Å². The minimum Gasteiger partial charge on any atom is -0.493 e. The van der Waals surface area contributed by atoms with Crippen LogP contribution in [-0.2, 0) is 0 Å². The second kappa shape index (κ2) is 6.31. The molecule has 6 nitrogen and oxygen atoms in total. The molecule has 0 saturated carbocycles. The molecule has 0 unspecified atom stereocenters. The molecular weight excluding hydrogens is 370 g/mol. The Kier molecular flexibility index (Phi) is 3.74. The molecule has 5 rings (SSSR count). The van der Waals surface area contributed by atoms with Crippen molar-refractivity contribution in [2.24, 2.45) is 0 Å². The van der Waals surface area contributed by atoms with Crippen LogP contribution in [0, 0.1) is 6.92 Å². The monoisotopic (exact) mass is 385 g/mol. The number of aromatic nitrogens is 1. The maximum absolute atomic E-state index is 12.7. The zero-order valence-corrected chi connectivity index (χ0v) is 15.7. The summed E-state index contributed by atoms with van der Waals surface area (Å²) in [5.41, 5.74) is 1.93. The van der Waals surface area contributed by atoms with E-state index < -0.39 is 11.3 Å². The minimum atomic E-state index is -0.530. The molecule has 6 heteroatoms. The Morgan fingerprint density at radius 2 is 1.66 bits per heavy atom. The quantitative estimate of drug-likeness (QED) is 0.330. The fraction of sp³-hybridized carbons (Fsp3) is 0.0870. The molecule has 0 saturated heterocycles. The van der Waals surface area contributed by atoms with Gasteiger partial charge in [0.05, 0.1) is 29.3 Å². The standard InChI is InChI=1S/C23H15NO5/c1-12-5-3-7-14-19-15(22(25)28-20(12)14)9-10-17(24-19)16-11-13-6-4-8-18(27-2)21(13)29-23(16)26/h3-11H,1-2H3. The van der Waals surface area contributed by atoms with E-state index in [1.807, 2.05) is 37.3 Å². The SMILES string of the molecule is COc1cccc2cc(-c3ccc4c(=O)oc5c(C)cccc5c4n3)c(=O)oc12. The molecule has 29 heavy (non-hydrogen) atoms. The number of aryl methyl sites for hydroxylation is 1. The average Bonchev–Trinajstić information content (AvgIpc) is 2.73. The largest absolute Gasteiger partial charge is 0.493 e. The Balaban J connectivity index is 1.83. The number of nitrogens with zero attached hydrogens (tertiary/aromatic N) is 1. The summed E-state index contributed by atoms with van der Waals surface area (Å²) in [7, 11) is 1.52. The topological polar surface area (TPSA) is 82.5 Å². The van der Waals surface area contributed by atoms with Gasteiger partial charge in [-0.1, -0.05) is 24.3 Å². The van der Waals surface area contributed by atoms with E-state index >= 15 is 0 Å². The van der Waals surface area contributed by atoms with Crippen molar-refractivity contribution in [1.29, 1.82) is 0 Å². The Morgan fingerprint density at radius 3 is 2.48 bits per heavy atom. The maximum Gasteiger partial charge on any atom is 0.345 e. The van der Waals surface area contributed by atoms with Crippen LogP contribution >= 0.6 is 0 Å². The van der Waals surface area contributed by atoms with Crippen molar-refractivity contribution in [2.75, 3.05) is 7.11 Å². The van der Waals surface area contributed by atoms with Gasteiger partial charge in [-0.3, -0.25) is 0 Å². The van der Waals surface area contributed by atoms with E-state index in [1.165, 1.54) is 7.11 Å². The van der Waals surface area contributed by atoms with E-state index in [1.54, 1.807) is 24.3 Å². The Morgan fingerprint density at radius 1 is 0.862 bits per heavy atom. The van der Waals surface area contributed by atoms with Crippen LogP contribution in [0.3, 0.4) is 0 Å². The van der Waals surface area contributed by atoms with Crippen molar-refractivity contribution in [3.8, 4) is 17.0 Å². The second-order valence-electron chi connectivity index (χ2n) is 6.76. The van der Waals surface area contributed by atoms with Gasteiger partial charge < -0.3 is 13.6 Å². The molecule has 3 aromatic heterocycles. The van der Waals surface area contributed by atoms with Crippen LogP contribution < -0.4 is 16.0 Å². The highest BCUT2D eigenvalue weighted by Crippen LogP contribution is 2.29. The third kappa shape index (κ3) is 2.61. The number of hydrogen-bond donors (Lipinski definition) is 0. The molecule has 0 bridgehead atoms. The van der Waals surface area contributed by atoms with Crippen LogP contribution in [0.15, 0.2) is 73.0 Å². The fourth-order valence-corrected chi connectivity index (χ4v) is 3.56. The maximum atomic E-state index is 12.7. The lowest BCUT2D eigenvalue weighted by atomic mass is 10.1. The molecular formula is C23H15NO5. The van der Waals surface area contributed by atoms with Crippen LogP contribution in [0.4, 0.5) is 0 Å². The van der Waals surface area contributed by atoms with E-state index in [0.29, 0.717) is 49.8 Å². The van der Waals surface area contributed by atoms with E-state index in [2.05, 4.69) is 4.98 Å². The molecule has 5 aromatic rings. The van der Waals surface area contributed by atoms with Gasteiger partial charge in [0.2, 0.25) is 0 Å². The summed E-state index contributed by atoms with van der Waals surface area (Å²) in [6.07, 6.45) is 0. The van der Waals surface area contributed by atoms with Crippen molar-refractivity contribution in [3.05, 3.63) is 81.0 Å². The Bertz CT molecular complexity index is 1550. The summed E-state index contributed by atoms with van der Waals surface area (Å²) in [6.45, 7) is 1.87. The van der Waals surface area contributed by atoms with Crippen molar-refractivity contribution < 1.29 is 13.6 Å². The first-order chi connectivity index (χ1) is 14.1. The number of para-hydroxylation sites is 2. The number of hydrogen-bond acceptors (Lipinski definition) is 6. The van der Waals surface area contributed by atoms with Gasteiger partial charge in [0, 0.05) is 10.8 Å². The lowest BCUT2D eigenvalue weighted by molar-refractivity contribution is 0.407. The van der Waals surface area contributed by atoms with E-state index in [4.69, 9.17) is 13.6 Å². The van der Waals surface area contributed by atoms with E-state index in [9.17, 15) is 9.59 Å². The van der Waals surface area contributed by atoms with Gasteiger partial charge >= 0.3 is 11.3 Å². The highest BCUT2D eigenvalue weighted by atomic mass is 16.5. The molecule has 2 aromatic carbocycles. The van der Waals surface area contributed by atoms with Gasteiger partial charge in [-0.05, 0) is 42.8 Å². The Hall–Kier alpha value is -3.93.